The maximum Gasteiger partial charge on any atom is 0.257 e. The summed E-state index contributed by atoms with van der Waals surface area (Å²) < 4.78 is 18.4. The molecule has 0 heterocycles. The number of nitrogens with one attached hydrogen (secondary N) is 1. The molecule has 0 radical (unpaired) electrons. The molecule has 0 fully saturated rings. The Hall–Kier alpha value is -2.07. The normalized spacial score (nSPS) is 10.3. The molecule has 0 unspecified atom stereocenters. The van der Waals surface area contributed by atoms with E-state index < -0.39 is 0 Å². The van der Waals surface area contributed by atoms with Crippen molar-refractivity contribution >= 4 is 17.5 Å². The monoisotopic (exact) mass is 321 g/mol. The second kappa shape index (κ2) is 7.80. The van der Waals surface area contributed by atoms with Crippen LogP contribution >= 0.6 is 11.6 Å². The summed E-state index contributed by atoms with van der Waals surface area (Å²) in [6.45, 7) is 2.24. The van der Waals surface area contributed by atoms with E-state index in [-0.39, 0.29) is 18.3 Å². The molecular formula is C17H17ClFNO2. The van der Waals surface area contributed by atoms with Gasteiger partial charge in [0.25, 0.3) is 5.91 Å². The van der Waals surface area contributed by atoms with Crippen LogP contribution in [0, 0.1) is 12.7 Å². The second-order valence-electron chi connectivity index (χ2n) is 4.95. The minimum Gasteiger partial charge on any atom is -0.482 e. The first-order valence-corrected chi connectivity index (χ1v) is 7.32. The highest BCUT2D eigenvalue weighted by Crippen LogP contribution is 2.24. The van der Waals surface area contributed by atoms with Gasteiger partial charge in [-0.1, -0.05) is 29.8 Å². The van der Waals surface area contributed by atoms with E-state index in [0.717, 1.165) is 11.1 Å². The minimum atomic E-state index is -0.277. The number of halogens is 2. The van der Waals surface area contributed by atoms with Crippen molar-refractivity contribution in [2.24, 2.45) is 0 Å². The van der Waals surface area contributed by atoms with Gasteiger partial charge in [-0.05, 0) is 48.7 Å². The fraction of sp³-hybridized carbons (Fsp3) is 0.235. The Labute approximate surface area is 134 Å². The first kappa shape index (κ1) is 16.3. The van der Waals surface area contributed by atoms with E-state index in [1.807, 2.05) is 19.1 Å². The van der Waals surface area contributed by atoms with Crippen LogP contribution in [-0.2, 0) is 11.2 Å². The fourth-order valence-corrected chi connectivity index (χ4v) is 2.13. The predicted octanol–water partition coefficient (Wildman–Crippen LogP) is 3.53. The first-order chi connectivity index (χ1) is 10.5. The third-order valence-corrected chi connectivity index (χ3v) is 3.38. The summed E-state index contributed by atoms with van der Waals surface area (Å²) in [6, 6.07) is 11.7. The van der Waals surface area contributed by atoms with Crippen LogP contribution in [-0.4, -0.2) is 19.1 Å². The van der Waals surface area contributed by atoms with E-state index in [9.17, 15) is 9.18 Å². The Morgan fingerprint density at radius 3 is 2.86 bits per heavy atom. The van der Waals surface area contributed by atoms with Gasteiger partial charge in [-0.25, -0.2) is 4.39 Å². The molecule has 0 aromatic heterocycles. The van der Waals surface area contributed by atoms with Gasteiger partial charge in [0.2, 0.25) is 0 Å². The molecule has 0 saturated carbocycles. The third kappa shape index (κ3) is 5.04. The quantitative estimate of drug-likeness (QED) is 0.884. The number of amides is 1. The van der Waals surface area contributed by atoms with E-state index >= 15 is 0 Å². The van der Waals surface area contributed by atoms with Crippen LogP contribution in [0.15, 0.2) is 42.5 Å². The van der Waals surface area contributed by atoms with Crippen molar-refractivity contribution in [1.29, 1.82) is 0 Å². The van der Waals surface area contributed by atoms with Gasteiger partial charge in [0.05, 0.1) is 5.02 Å². The number of rotatable bonds is 6. The Kier molecular flexibility index (Phi) is 5.78. The third-order valence-electron chi connectivity index (χ3n) is 3.07. The molecule has 0 aliphatic heterocycles. The number of hydrogen-bond donors (Lipinski definition) is 1. The van der Waals surface area contributed by atoms with Crippen LogP contribution in [0.25, 0.3) is 0 Å². The average molecular weight is 322 g/mol. The smallest absolute Gasteiger partial charge is 0.257 e. The molecule has 0 aliphatic carbocycles. The molecular weight excluding hydrogens is 305 g/mol. The molecule has 0 spiro atoms. The molecule has 5 heteroatoms. The lowest BCUT2D eigenvalue weighted by Crippen LogP contribution is -2.30. The molecule has 1 N–H and O–H groups in total. The molecule has 22 heavy (non-hydrogen) atoms. The molecule has 116 valence electrons. The lowest BCUT2D eigenvalue weighted by Gasteiger charge is -2.09. The molecule has 0 saturated heterocycles. The van der Waals surface area contributed by atoms with Crippen LogP contribution in [0.5, 0.6) is 5.75 Å². The number of ether oxygens (including phenoxy) is 1. The molecule has 2 aromatic carbocycles. The second-order valence-corrected chi connectivity index (χ2v) is 5.36. The highest BCUT2D eigenvalue weighted by molar-refractivity contribution is 6.32. The predicted molar refractivity (Wildman–Crippen MR) is 84.8 cm³/mol. The average Bonchev–Trinajstić information content (AvgIpc) is 2.48. The summed E-state index contributed by atoms with van der Waals surface area (Å²) in [6.07, 6.45) is 0.564. The van der Waals surface area contributed by atoms with Crippen molar-refractivity contribution < 1.29 is 13.9 Å². The summed E-state index contributed by atoms with van der Waals surface area (Å²) in [5.74, 6) is -0.0304. The van der Waals surface area contributed by atoms with E-state index in [1.165, 1.54) is 12.1 Å². The van der Waals surface area contributed by atoms with Crippen molar-refractivity contribution in [3.05, 3.63) is 64.4 Å². The summed E-state index contributed by atoms with van der Waals surface area (Å²) in [4.78, 5) is 11.7. The lowest BCUT2D eigenvalue weighted by atomic mass is 10.1. The van der Waals surface area contributed by atoms with E-state index in [0.29, 0.717) is 23.7 Å². The highest BCUT2D eigenvalue weighted by Gasteiger charge is 2.06. The van der Waals surface area contributed by atoms with Gasteiger partial charge in [-0.15, -0.1) is 0 Å². The maximum atomic E-state index is 13.0. The molecule has 0 bridgehead atoms. The van der Waals surface area contributed by atoms with Crippen LogP contribution < -0.4 is 10.1 Å². The van der Waals surface area contributed by atoms with Gasteiger partial charge < -0.3 is 10.1 Å². The summed E-state index contributed by atoms with van der Waals surface area (Å²) in [5, 5.41) is 3.20. The van der Waals surface area contributed by atoms with Crippen LogP contribution in [0.3, 0.4) is 0 Å². The van der Waals surface area contributed by atoms with Crippen molar-refractivity contribution in [2.75, 3.05) is 13.2 Å². The zero-order valence-electron chi connectivity index (χ0n) is 12.2. The van der Waals surface area contributed by atoms with Gasteiger partial charge in [0.1, 0.15) is 11.6 Å². The van der Waals surface area contributed by atoms with E-state index in [4.69, 9.17) is 16.3 Å². The SMILES string of the molecule is Cc1ccc(Cl)c(OCC(=O)NCCc2cccc(F)c2)c1. The van der Waals surface area contributed by atoms with Gasteiger partial charge in [-0.3, -0.25) is 4.79 Å². The summed E-state index contributed by atoms with van der Waals surface area (Å²) >= 11 is 5.99. The van der Waals surface area contributed by atoms with E-state index in [2.05, 4.69) is 5.32 Å². The zero-order valence-corrected chi connectivity index (χ0v) is 13.0. The van der Waals surface area contributed by atoms with Crippen molar-refractivity contribution in [3.63, 3.8) is 0 Å². The zero-order chi connectivity index (χ0) is 15.9. The number of hydrogen-bond acceptors (Lipinski definition) is 2. The molecule has 0 aliphatic rings. The van der Waals surface area contributed by atoms with Gasteiger partial charge in [0, 0.05) is 6.54 Å². The van der Waals surface area contributed by atoms with Gasteiger partial charge in [-0.2, -0.15) is 0 Å². The van der Waals surface area contributed by atoms with E-state index in [1.54, 1.807) is 18.2 Å². The first-order valence-electron chi connectivity index (χ1n) is 6.94. The van der Waals surface area contributed by atoms with Crippen molar-refractivity contribution in [1.82, 2.24) is 5.32 Å². The highest BCUT2D eigenvalue weighted by atomic mass is 35.5. The maximum absolute atomic E-state index is 13.0. The molecule has 2 aromatic rings. The van der Waals surface area contributed by atoms with Crippen molar-refractivity contribution in [3.8, 4) is 5.75 Å². The largest absolute Gasteiger partial charge is 0.482 e. The topological polar surface area (TPSA) is 38.3 Å². The number of carbonyl (C=O) groups is 1. The number of benzene rings is 2. The number of carbonyl (C=O) groups excluding carboxylic acids is 1. The molecule has 3 nitrogen and oxygen atoms in total. The lowest BCUT2D eigenvalue weighted by molar-refractivity contribution is -0.123. The van der Waals surface area contributed by atoms with Gasteiger partial charge in [0.15, 0.2) is 6.61 Å². The van der Waals surface area contributed by atoms with Crippen LogP contribution in [0.1, 0.15) is 11.1 Å². The minimum absolute atomic E-state index is 0.105. The Morgan fingerprint density at radius 2 is 2.09 bits per heavy atom. The molecule has 1 amide bonds. The van der Waals surface area contributed by atoms with Crippen LogP contribution in [0.2, 0.25) is 5.02 Å². The number of aryl methyl sites for hydroxylation is 1. The Balaban J connectivity index is 1.75. The Bertz CT molecular complexity index is 661. The standard InChI is InChI=1S/C17H17ClFNO2/c1-12-5-6-15(18)16(9-12)22-11-17(21)20-8-7-13-3-2-4-14(19)10-13/h2-6,9-10H,7-8,11H2,1H3,(H,20,21). The summed E-state index contributed by atoms with van der Waals surface area (Å²) in [7, 11) is 0. The molecule has 2 rings (SSSR count). The Morgan fingerprint density at radius 1 is 1.27 bits per heavy atom. The van der Waals surface area contributed by atoms with Gasteiger partial charge >= 0.3 is 0 Å². The van der Waals surface area contributed by atoms with Crippen molar-refractivity contribution in [2.45, 2.75) is 13.3 Å². The fourth-order valence-electron chi connectivity index (χ4n) is 1.95. The summed E-state index contributed by atoms with van der Waals surface area (Å²) in [5.41, 5.74) is 1.84. The molecule has 0 atom stereocenters. The van der Waals surface area contributed by atoms with Crippen LogP contribution in [0.4, 0.5) is 4.39 Å².